The lowest BCUT2D eigenvalue weighted by atomic mass is 10.2. The maximum Gasteiger partial charge on any atom is 0.260 e. The predicted molar refractivity (Wildman–Crippen MR) is 65.0 cm³/mol. The van der Waals surface area contributed by atoms with Crippen LogP contribution in [0.15, 0.2) is 35.1 Å². The number of pyridine rings is 1. The van der Waals surface area contributed by atoms with Gasteiger partial charge in [0.05, 0.1) is 17.4 Å². The number of rotatable bonds is 3. The van der Waals surface area contributed by atoms with Gasteiger partial charge in [0.15, 0.2) is 0 Å². The summed E-state index contributed by atoms with van der Waals surface area (Å²) in [5.74, 6) is 0.779. The Morgan fingerprint density at radius 3 is 2.94 bits per heavy atom. The minimum atomic E-state index is -0.266. The quantitative estimate of drug-likeness (QED) is 0.894. The van der Waals surface area contributed by atoms with E-state index in [1.165, 1.54) is 12.5 Å². The van der Waals surface area contributed by atoms with E-state index in [-0.39, 0.29) is 5.91 Å². The molecule has 0 aromatic carbocycles. The molecule has 5 heteroatoms. The fourth-order valence-corrected chi connectivity index (χ4v) is 1.53. The first-order valence-corrected chi connectivity index (χ1v) is 5.48. The van der Waals surface area contributed by atoms with Crippen LogP contribution in [0.25, 0.3) is 0 Å². The molecule has 0 atom stereocenters. The van der Waals surface area contributed by atoms with Crippen molar-refractivity contribution in [1.29, 1.82) is 5.26 Å². The van der Waals surface area contributed by atoms with Gasteiger partial charge in [-0.3, -0.25) is 4.79 Å². The lowest BCUT2D eigenvalue weighted by molar-refractivity contribution is 0.102. The average molecular weight is 241 g/mol. The molecule has 5 nitrogen and oxygen atoms in total. The molecular weight excluding hydrogens is 230 g/mol. The highest BCUT2D eigenvalue weighted by Crippen LogP contribution is 2.13. The zero-order valence-electron chi connectivity index (χ0n) is 9.80. The van der Waals surface area contributed by atoms with Crippen molar-refractivity contribution in [2.75, 3.05) is 5.32 Å². The highest BCUT2D eigenvalue weighted by Gasteiger charge is 2.13. The molecule has 0 radical (unpaired) electrons. The van der Waals surface area contributed by atoms with Crippen molar-refractivity contribution in [3.05, 3.63) is 47.5 Å². The third kappa shape index (κ3) is 2.38. The summed E-state index contributed by atoms with van der Waals surface area (Å²) in [6.07, 6.45) is 3.54. The molecule has 0 saturated heterocycles. The van der Waals surface area contributed by atoms with E-state index in [2.05, 4.69) is 10.3 Å². The van der Waals surface area contributed by atoms with E-state index in [0.717, 1.165) is 0 Å². The number of nitrogens with one attached hydrogen (secondary N) is 1. The molecule has 0 spiro atoms. The lowest BCUT2D eigenvalue weighted by Crippen LogP contribution is -2.13. The van der Waals surface area contributed by atoms with Gasteiger partial charge < -0.3 is 9.73 Å². The van der Waals surface area contributed by atoms with Crippen LogP contribution in [0.3, 0.4) is 0 Å². The number of aromatic nitrogens is 1. The summed E-state index contributed by atoms with van der Waals surface area (Å²) in [4.78, 5) is 15.9. The summed E-state index contributed by atoms with van der Waals surface area (Å²) in [6, 6.07) is 6.77. The van der Waals surface area contributed by atoms with Crippen LogP contribution in [0.1, 0.15) is 28.6 Å². The van der Waals surface area contributed by atoms with Crippen LogP contribution < -0.4 is 5.32 Å². The molecule has 2 rings (SSSR count). The van der Waals surface area contributed by atoms with Crippen molar-refractivity contribution in [2.45, 2.75) is 13.3 Å². The first-order valence-electron chi connectivity index (χ1n) is 5.48. The second kappa shape index (κ2) is 5.15. The molecule has 18 heavy (non-hydrogen) atoms. The fourth-order valence-electron chi connectivity index (χ4n) is 1.53. The van der Waals surface area contributed by atoms with E-state index in [9.17, 15) is 4.79 Å². The maximum atomic E-state index is 11.9. The van der Waals surface area contributed by atoms with Crippen molar-refractivity contribution in [3.63, 3.8) is 0 Å². The van der Waals surface area contributed by atoms with Crippen molar-refractivity contribution in [2.24, 2.45) is 0 Å². The van der Waals surface area contributed by atoms with Crippen molar-refractivity contribution in [3.8, 4) is 6.07 Å². The van der Waals surface area contributed by atoms with Crippen molar-refractivity contribution >= 4 is 11.7 Å². The highest BCUT2D eigenvalue weighted by molar-refractivity contribution is 6.04. The second-order valence-electron chi connectivity index (χ2n) is 3.61. The van der Waals surface area contributed by atoms with E-state index in [4.69, 9.17) is 9.68 Å². The average Bonchev–Trinajstić information content (AvgIpc) is 2.88. The number of furan rings is 1. The smallest absolute Gasteiger partial charge is 0.260 e. The molecule has 2 aromatic heterocycles. The Hall–Kier alpha value is -2.61. The molecule has 0 fully saturated rings. The zero-order valence-corrected chi connectivity index (χ0v) is 9.80. The normalized spacial score (nSPS) is 9.78. The monoisotopic (exact) mass is 241 g/mol. The van der Waals surface area contributed by atoms with E-state index in [1.807, 2.05) is 13.0 Å². The van der Waals surface area contributed by atoms with E-state index < -0.39 is 0 Å². The van der Waals surface area contributed by atoms with Crippen LogP contribution in [0.4, 0.5) is 5.82 Å². The number of anilines is 1. The van der Waals surface area contributed by atoms with Gasteiger partial charge in [-0.05, 0) is 18.2 Å². The molecule has 0 saturated carbocycles. The molecule has 0 bridgehead atoms. The Balaban J connectivity index is 2.14. The number of nitriles is 1. The Morgan fingerprint density at radius 2 is 2.33 bits per heavy atom. The van der Waals surface area contributed by atoms with Gasteiger partial charge in [0.2, 0.25) is 0 Å². The minimum absolute atomic E-state index is 0.266. The molecule has 90 valence electrons. The minimum Gasteiger partial charge on any atom is -0.469 e. The summed E-state index contributed by atoms with van der Waals surface area (Å²) >= 11 is 0. The molecule has 2 heterocycles. The van der Waals surface area contributed by atoms with E-state index in [0.29, 0.717) is 29.1 Å². The van der Waals surface area contributed by atoms with Gasteiger partial charge in [-0.1, -0.05) is 6.92 Å². The first kappa shape index (κ1) is 11.9. The van der Waals surface area contributed by atoms with Crippen LogP contribution in [0.2, 0.25) is 0 Å². The van der Waals surface area contributed by atoms with Gasteiger partial charge in [0.1, 0.15) is 17.6 Å². The van der Waals surface area contributed by atoms with Crippen LogP contribution in [0, 0.1) is 11.3 Å². The Labute approximate surface area is 104 Å². The Bertz CT molecular complexity index is 593. The number of aryl methyl sites for hydroxylation is 1. The summed E-state index contributed by atoms with van der Waals surface area (Å²) in [6.45, 7) is 1.91. The third-order valence-corrected chi connectivity index (χ3v) is 2.45. The van der Waals surface area contributed by atoms with Crippen LogP contribution >= 0.6 is 0 Å². The molecule has 0 aliphatic rings. The molecule has 1 amide bonds. The lowest BCUT2D eigenvalue weighted by Gasteiger charge is -2.03. The van der Waals surface area contributed by atoms with E-state index in [1.54, 1.807) is 18.2 Å². The van der Waals surface area contributed by atoms with Gasteiger partial charge in [-0.25, -0.2) is 4.98 Å². The van der Waals surface area contributed by atoms with Crippen LogP contribution in [0.5, 0.6) is 0 Å². The largest absolute Gasteiger partial charge is 0.469 e. The fraction of sp³-hybridized carbons (Fsp3) is 0.154. The molecule has 2 aromatic rings. The Morgan fingerprint density at radius 1 is 1.50 bits per heavy atom. The summed E-state index contributed by atoms with van der Waals surface area (Å²) in [5.41, 5.74) is 0.953. The number of nitrogens with zero attached hydrogens (tertiary/aromatic N) is 2. The van der Waals surface area contributed by atoms with Gasteiger partial charge in [-0.15, -0.1) is 0 Å². The maximum absolute atomic E-state index is 11.9. The Kier molecular flexibility index (Phi) is 3.39. The highest BCUT2D eigenvalue weighted by atomic mass is 16.3. The summed E-state index contributed by atoms with van der Waals surface area (Å²) in [5, 5.41) is 11.3. The standard InChI is InChI=1S/C13H11N3O2/c1-2-11-10(5-6-18-11)13(17)16-12-4-3-9(7-14)8-15-12/h3-6,8H,2H2,1H3,(H,15,16,17). The number of carbonyl (C=O) groups is 1. The topological polar surface area (TPSA) is 78.9 Å². The van der Waals surface area contributed by atoms with Crippen molar-refractivity contribution < 1.29 is 9.21 Å². The SMILES string of the molecule is CCc1occc1C(=O)Nc1ccc(C#N)cn1. The summed E-state index contributed by atoms with van der Waals surface area (Å²) in [7, 11) is 0. The molecule has 0 aliphatic carbocycles. The molecule has 0 aliphatic heterocycles. The number of carbonyl (C=O) groups excluding carboxylic acids is 1. The van der Waals surface area contributed by atoms with Crippen molar-refractivity contribution in [1.82, 2.24) is 4.98 Å². The van der Waals surface area contributed by atoms with Gasteiger partial charge in [-0.2, -0.15) is 5.26 Å². The van der Waals surface area contributed by atoms with Gasteiger partial charge >= 0.3 is 0 Å². The van der Waals surface area contributed by atoms with Gasteiger partial charge in [0, 0.05) is 12.6 Å². The third-order valence-electron chi connectivity index (χ3n) is 2.45. The molecule has 0 unspecified atom stereocenters. The summed E-state index contributed by atoms with van der Waals surface area (Å²) < 4.78 is 5.18. The number of hydrogen-bond acceptors (Lipinski definition) is 4. The van der Waals surface area contributed by atoms with Crippen LogP contribution in [-0.4, -0.2) is 10.9 Å². The second-order valence-corrected chi connectivity index (χ2v) is 3.61. The van der Waals surface area contributed by atoms with Gasteiger partial charge in [0.25, 0.3) is 5.91 Å². The van der Waals surface area contributed by atoms with Crippen LogP contribution in [-0.2, 0) is 6.42 Å². The first-order chi connectivity index (χ1) is 8.74. The number of amides is 1. The van der Waals surface area contributed by atoms with E-state index >= 15 is 0 Å². The number of hydrogen-bond donors (Lipinski definition) is 1. The zero-order chi connectivity index (χ0) is 13.0. The molecule has 1 N–H and O–H groups in total. The molecular formula is C13H11N3O2. The predicted octanol–water partition coefficient (Wildman–Crippen LogP) is 2.36.